The molecule has 0 bridgehead atoms. The van der Waals surface area contributed by atoms with Gasteiger partial charge in [0.05, 0.1) is 18.8 Å². The number of aromatic hydroxyl groups is 1. The summed E-state index contributed by atoms with van der Waals surface area (Å²) >= 11 is 0. The van der Waals surface area contributed by atoms with Gasteiger partial charge in [-0.2, -0.15) is 0 Å². The van der Waals surface area contributed by atoms with Gasteiger partial charge in [-0.05, 0) is 61.4 Å². The smallest absolute Gasteiger partial charge is 0.185 e. The van der Waals surface area contributed by atoms with Crippen molar-refractivity contribution in [3.8, 4) is 17.2 Å². The second-order valence-electron chi connectivity index (χ2n) is 5.61. The summed E-state index contributed by atoms with van der Waals surface area (Å²) in [6, 6.07) is 11.8. The van der Waals surface area contributed by atoms with Crippen LogP contribution in [0.25, 0.3) is 6.08 Å². The number of benzene rings is 2. The molecule has 4 heteroatoms. The molecule has 4 nitrogen and oxygen atoms in total. The monoisotopic (exact) mass is 340 g/mol. The van der Waals surface area contributed by atoms with Gasteiger partial charge in [-0.3, -0.25) is 4.79 Å². The van der Waals surface area contributed by atoms with Crippen LogP contribution in [0.1, 0.15) is 42.6 Å². The first-order valence-electron chi connectivity index (χ1n) is 8.55. The van der Waals surface area contributed by atoms with Crippen LogP contribution < -0.4 is 9.47 Å². The molecule has 0 fully saturated rings. The first-order chi connectivity index (χ1) is 12.2. The van der Waals surface area contributed by atoms with Gasteiger partial charge in [0.25, 0.3) is 0 Å². The molecule has 132 valence electrons. The molecule has 25 heavy (non-hydrogen) atoms. The van der Waals surface area contributed by atoms with Crippen LogP contribution in [0.2, 0.25) is 0 Å². The first kappa shape index (κ1) is 18.6. The molecule has 0 saturated heterocycles. The number of allylic oxidation sites excluding steroid dienone is 1. The zero-order valence-electron chi connectivity index (χ0n) is 14.7. The van der Waals surface area contributed by atoms with Crippen molar-refractivity contribution in [2.24, 2.45) is 0 Å². The molecule has 0 amide bonds. The Balaban J connectivity index is 2.27. The van der Waals surface area contributed by atoms with Crippen LogP contribution in [0.5, 0.6) is 17.2 Å². The van der Waals surface area contributed by atoms with Gasteiger partial charge in [0.2, 0.25) is 0 Å². The lowest BCUT2D eigenvalue weighted by atomic mass is 10.1. The molecular formula is C21H24O4. The van der Waals surface area contributed by atoms with E-state index in [0.29, 0.717) is 30.3 Å². The van der Waals surface area contributed by atoms with Crippen LogP contribution in [0.15, 0.2) is 48.5 Å². The molecule has 0 atom stereocenters. The lowest BCUT2D eigenvalue weighted by Crippen LogP contribution is -2.01. The first-order valence-corrected chi connectivity index (χ1v) is 8.55. The zero-order chi connectivity index (χ0) is 18.1. The third-order valence-electron chi connectivity index (χ3n) is 3.50. The quantitative estimate of drug-likeness (QED) is 0.523. The highest BCUT2D eigenvalue weighted by Crippen LogP contribution is 2.30. The molecule has 2 aromatic carbocycles. The van der Waals surface area contributed by atoms with E-state index in [2.05, 4.69) is 0 Å². The predicted octanol–water partition coefficient (Wildman–Crippen LogP) is 4.87. The van der Waals surface area contributed by atoms with E-state index in [0.717, 1.165) is 18.4 Å². The predicted molar refractivity (Wildman–Crippen MR) is 99.5 cm³/mol. The molecule has 0 aromatic heterocycles. The van der Waals surface area contributed by atoms with Gasteiger partial charge in [0, 0.05) is 5.56 Å². The fourth-order valence-electron chi connectivity index (χ4n) is 2.24. The number of carbonyl (C=O) groups excluding carboxylic acids is 1. The Morgan fingerprint density at radius 1 is 0.960 bits per heavy atom. The van der Waals surface area contributed by atoms with Crippen molar-refractivity contribution in [1.29, 1.82) is 0 Å². The Hall–Kier alpha value is -2.75. The van der Waals surface area contributed by atoms with Crippen LogP contribution in [-0.2, 0) is 0 Å². The number of hydrogen-bond donors (Lipinski definition) is 1. The number of hydrogen-bond acceptors (Lipinski definition) is 4. The van der Waals surface area contributed by atoms with E-state index in [1.165, 1.54) is 18.2 Å². The van der Waals surface area contributed by atoms with E-state index in [1.807, 2.05) is 32.0 Å². The van der Waals surface area contributed by atoms with Gasteiger partial charge < -0.3 is 14.6 Å². The molecule has 2 aromatic rings. The molecule has 0 unspecified atom stereocenters. The Morgan fingerprint density at radius 2 is 1.52 bits per heavy atom. The number of carbonyl (C=O) groups is 1. The van der Waals surface area contributed by atoms with Crippen molar-refractivity contribution in [3.05, 3.63) is 59.7 Å². The van der Waals surface area contributed by atoms with Gasteiger partial charge in [-0.1, -0.05) is 19.9 Å². The van der Waals surface area contributed by atoms with E-state index in [4.69, 9.17) is 9.47 Å². The number of ether oxygens (including phenoxy) is 2. The van der Waals surface area contributed by atoms with Gasteiger partial charge in [-0.15, -0.1) is 0 Å². The van der Waals surface area contributed by atoms with Gasteiger partial charge >= 0.3 is 0 Å². The van der Waals surface area contributed by atoms with Crippen molar-refractivity contribution in [1.82, 2.24) is 0 Å². The maximum absolute atomic E-state index is 12.3. The number of phenolic OH excluding ortho intramolecular Hbond substituents is 1. The summed E-state index contributed by atoms with van der Waals surface area (Å²) in [6.45, 7) is 5.29. The van der Waals surface area contributed by atoms with Gasteiger partial charge in [-0.25, -0.2) is 0 Å². The van der Waals surface area contributed by atoms with E-state index < -0.39 is 0 Å². The minimum absolute atomic E-state index is 0.133. The molecule has 0 saturated carbocycles. The molecule has 0 aliphatic heterocycles. The highest BCUT2D eigenvalue weighted by atomic mass is 16.5. The highest BCUT2D eigenvalue weighted by molar-refractivity contribution is 6.07. The normalized spacial score (nSPS) is 10.8. The van der Waals surface area contributed by atoms with Crippen LogP contribution in [0.4, 0.5) is 0 Å². The second kappa shape index (κ2) is 9.52. The Morgan fingerprint density at radius 3 is 2.04 bits per heavy atom. The zero-order valence-corrected chi connectivity index (χ0v) is 14.7. The van der Waals surface area contributed by atoms with Crippen LogP contribution in [0.3, 0.4) is 0 Å². The standard InChI is InChI=1S/C21H24O4/c1-3-14-24-20-6-5-7-21(25-15-4-2)18(20)12-13-19(23)16-8-10-17(22)11-9-16/h5-13,22H,3-4,14-15H2,1-2H3/b13-12+. The molecule has 0 aliphatic rings. The third-order valence-corrected chi connectivity index (χ3v) is 3.50. The fourth-order valence-corrected chi connectivity index (χ4v) is 2.24. The topological polar surface area (TPSA) is 55.8 Å². The summed E-state index contributed by atoms with van der Waals surface area (Å²) < 4.78 is 11.6. The Kier molecular flexibility index (Phi) is 7.08. The molecule has 1 N–H and O–H groups in total. The summed E-state index contributed by atoms with van der Waals surface area (Å²) in [5.41, 5.74) is 1.27. The van der Waals surface area contributed by atoms with Crippen molar-refractivity contribution >= 4 is 11.9 Å². The minimum Gasteiger partial charge on any atom is -0.508 e. The van der Waals surface area contributed by atoms with Crippen LogP contribution >= 0.6 is 0 Å². The highest BCUT2D eigenvalue weighted by Gasteiger charge is 2.09. The van der Waals surface area contributed by atoms with E-state index in [9.17, 15) is 9.90 Å². The van der Waals surface area contributed by atoms with E-state index in [-0.39, 0.29) is 11.5 Å². The summed E-state index contributed by atoms with van der Waals surface area (Å²) in [7, 11) is 0. The summed E-state index contributed by atoms with van der Waals surface area (Å²) in [4.78, 5) is 12.3. The fraction of sp³-hybridized carbons (Fsp3) is 0.286. The third kappa shape index (κ3) is 5.38. The van der Waals surface area contributed by atoms with Crippen molar-refractivity contribution in [2.75, 3.05) is 13.2 Å². The Bertz CT molecular complexity index is 691. The molecule has 2 rings (SSSR count). The largest absolute Gasteiger partial charge is 0.508 e. The molecule has 0 heterocycles. The maximum atomic E-state index is 12.3. The van der Waals surface area contributed by atoms with Gasteiger partial charge in [0.1, 0.15) is 17.2 Å². The number of phenols is 1. The summed E-state index contributed by atoms with van der Waals surface area (Å²) in [6.07, 6.45) is 5.02. The molecule has 0 spiro atoms. The average Bonchev–Trinajstić information content (AvgIpc) is 2.63. The van der Waals surface area contributed by atoms with E-state index >= 15 is 0 Å². The lowest BCUT2D eigenvalue weighted by Gasteiger charge is -2.13. The van der Waals surface area contributed by atoms with Crippen molar-refractivity contribution < 1.29 is 19.4 Å². The van der Waals surface area contributed by atoms with Crippen molar-refractivity contribution in [3.63, 3.8) is 0 Å². The summed E-state index contributed by atoms with van der Waals surface area (Å²) in [5, 5.41) is 9.32. The van der Waals surface area contributed by atoms with Gasteiger partial charge in [0.15, 0.2) is 5.78 Å². The van der Waals surface area contributed by atoms with Crippen LogP contribution in [-0.4, -0.2) is 24.1 Å². The molecular weight excluding hydrogens is 316 g/mol. The van der Waals surface area contributed by atoms with Crippen LogP contribution in [0, 0.1) is 0 Å². The Labute approximate surface area is 148 Å². The SMILES string of the molecule is CCCOc1cccc(OCCC)c1/C=C/C(=O)c1ccc(O)cc1. The maximum Gasteiger partial charge on any atom is 0.185 e. The average molecular weight is 340 g/mol. The van der Waals surface area contributed by atoms with E-state index in [1.54, 1.807) is 18.2 Å². The molecule has 0 radical (unpaired) electrons. The number of rotatable bonds is 9. The minimum atomic E-state index is -0.147. The number of ketones is 1. The van der Waals surface area contributed by atoms with Crippen molar-refractivity contribution in [2.45, 2.75) is 26.7 Å². The second-order valence-corrected chi connectivity index (χ2v) is 5.61. The summed E-state index contributed by atoms with van der Waals surface area (Å²) in [5.74, 6) is 1.39. The molecule has 0 aliphatic carbocycles. The lowest BCUT2D eigenvalue weighted by molar-refractivity contribution is 0.104.